The first kappa shape index (κ1) is 15.6. The smallest absolute Gasteiger partial charge is 0.261 e. The standard InChI is InChI=1S/C14H10Cl2N2O2S/c1-9-4-14(3-2-10(9)8-17)21(19,20)18-13-6-11(15)5-12(16)7-13/h2-7,18H,1H3. The van der Waals surface area contributed by atoms with E-state index in [0.29, 0.717) is 21.2 Å². The predicted molar refractivity (Wildman–Crippen MR) is 83.2 cm³/mol. The molecule has 4 nitrogen and oxygen atoms in total. The second kappa shape index (κ2) is 5.94. The van der Waals surface area contributed by atoms with E-state index in [4.69, 9.17) is 28.5 Å². The first-order valence-corrected chi connectivity index (χ1v) is 8.05. The van der Waals surface area contributed by atoms with Crippen LogP contribution in [0, 0.1) is 18.3 Å². The van der Waals surface area contributed by atoms with Gasteiger partial charge in [0.1, 0.15) is 0 Å². The summed E-state index contributed by atoms with van der Waals surface area (Å²) in [4.78, 5) is 0.0649. The maximum atomic E-state index is 12.3. The lowest BCUT2D eigenvalue weighted by Crippen LogP contribution is -2.13. The summed E-state index contributed by atoms with van der Waals surface area (Å²) in [5.74, 6) is 0. The van der Waals surface area contributed by atoms with Crippen LogP contribution in [0.4, 0.5) is 5.69 Å². The average Bonchev–Trinajstić information content (AvgIpc) is 2.36. The van der Waals surface area contributed by atoms with E-state index < -0.39 is 10.0 Å². The van der Waals surface area contributed by atoms with Crippen LogP contribution in [-0.4, -0.2) is 8.42 Å². The lowest BCUT2D eigenvalue weighted by molar-refractivity contribution is 0.601. The van der Waals surface area contributed by atoms with Gasteiger partial charge in [-0.3, -0.25) is 4.72 Å². The highest BCUT2D eigenvalue weighted by atomic mass is 35.5. The van der Waals surface area contributed by atoms with Gasteiger partial charge in [-0.2, -0.15) is 5.26 Å². The fourth-order valence-corrected chi connectivity index (χ4v) is 3.41. The largest absolute Gasteiger partial charge is 0.280 e. The lowest BCUT2D eigenvalue weighted by Gasteiger charge is -2.10. The van der Waals surface area contributed by atoms with Crippen molar-refractivity contribution in [3.8, 4) is 6.07 Å². The van der Waals surface area contributed by atoms with Crippen molar-refractivity contribution < 1.29 is 8.42 Å². The van der Waals surface area contributed by atoms with Crippen LogP contribution in [0.5, 0.6) is 0 Å². The minimum Gasteiger partial charge on any atom is -0.280 e. The summed E-state index contributed by atoms with van der Waals surface area (Å²) in [5.41, 5.74) is 1.29. The highest BCUT2D eigenvalue weighted by Gasteiger charge is 2.16. The van der Waals surface area contributed by atoms with Crippen LogP contribution in [-0.2, 0) is 10.0 Å². The molecule has 0 saturated heterocycles. The van der Waals surface area contributed by atoms with Crippen molar-refractivity contribution >= 4 is 38.9 Å². The molecule has 0 radical (unpaired) electrons. The zero-order chi connectivity index (χ0) is 15.6. The van der Waals surface area contributed by atoms with Crippen LogP contribution in [0.1, 0.15) is 11.1 Å². The Labute approximate surface area is 133 Å². The van der Waals surface area contributed by atoms with Gasteiger partial charge in [-0.25, -0.2) is 8.42 Å². The van der Waals surface area contributed by atoms with E-state index >= 15 is 0 Å². The van der Waals surface area contributed by atoms with Gasteiger partial charge in [0.25, 0.3) is 10.0 Å². The van der Waals surface area contributed by atoms with Gasteiger partial charge in [-0.15, -0.1) is 0 Å². The van der Waals surface area contributed by atoms with E-state index in [1.807, 2.05) is 6.07 Å². The third-order valence-corrected chi connectivity index (χ3v) is 4.56. The molecule has 108 valence electrons. The van der Waals surface area contributed by atoms with Gasteiger partial charge in [0, 0.05) is 10.0 Å². The number of nitrogens with one attached hydrogen (secondary N) is 1. The number of nitrogens with zero attached hydrogens (tertiary/aromatic N) is 1. The first-order valence-electron chi connectivity index (χ1n) is 5.81. The molecule has 0 spiro atoms. The van der Waals surface area contributed by atoms with Crippen LogP contribution >= 0.6 is 23.2 Å². The van der Waals surface area contributed by atoms with Crippen LogP contribution in [0.25, 0.3) is 0 Å². The molecule has 0 unspecified atom stereocenters. The van der Waals surface area contributed by atoms with E-state index in [-0.39, 0.29) is 10.6 Å². The fraction of sp³-hybridized carbons (Fsp3) is 0.0714. The minimum atomic E-state index is -3.77. The van der Waals surface area contributed by atoms with E-state index in [2.05, 4.69) is 4.72 Å². The molecule has 2 rings (SSSR count). The number of rotatable bonds is 3. The van der Waals surface area contributed by atoms with Crippen molar-refractivity contribution in [2.24, 2.45) is 0 Å². The summed E-state index contributed by atoms with van der Waals surface area (Å²) < 4.78 is 27.0. The molecule has 21 heavy (non-hydrogen) atoms. The Hall–Kier alpha value is -1.74. The summed E-state index contributed by atoms with van der Waals surface area (Å²) >= 11 is 11.7. The Morgan fingerprint density at radius 1 is 1.10 bits per heavy atom. The molecule has 0 fully saturated rings. The molecule has 0 aliphatic carbocycles. The molecule has 0 aliphatic heterocycles. The maximum absolute atomic E-state index is 12.3. The number of benzene rings is 2. The topological polar surface area (TPSA) is 70.0 Å². The van der Waals surface area contributed by atoms with E-state index in [1.54, 1.807) is 6.92 Å². The average molecular weight is 341 g/mol. The zero-order valence-corrected chi connectivity index (χ0v) is 13.2. The lowest BCUT2D eigenvalue weighted by atomic mass is 10.1. The summed E-state index contributed by atoms with van der Waals surface area (Å²) in [6.45, 7) is 1.67. The minimum absolute atomic E-state index is 0.0649. The van der Waals surface area contributed by atoms with Gasteiger partial charge in [0.15, 0.2) is 0 Å². The fourth-order valence-electron chi connectivity index (χ4n) is 1.76. The number of hydrogen-bond donors (Lipinski definition) is 1. The van der Waals surface area contributed by atoms with Crippen molar-refractivity contribution in [3.63, 3.8) is 0 Å². The molecule has 0 bridgehead atoms. The zero-order valence-electron chi connectivity index (χ0n) is 10.9. The highest BCUT2D eigenvalue weighted by molar-refractivity contribution is 7.92. The molecular weight excluding hydrogens is 331 g/mol. The summed E-state index contributed by atoms with van der Waals surface area (Å²) in [6.07, 6.45) is 0. The molecule has 7 heteroatoms. The Kier molecular flexibility index (Phi) is 4.43. The molecule has 0 atom stereocenters. The van der Waals surface area contributed by atoms with Gasteiger partial charge in [-0.1, -0.05) is 23.2 Å². The molecule has 0 heterocycles. The monoisotopic (exact) mass is 340 g/mol. The van der Waals surface area contributed by atoms with Gasteiger partial charge in [0.05, 0.1) is 22.2 Å². The van der Waals surface area contributed by atoms with Crippen LogP contribution < -0.4 is 4.72 Å². The van der Waals surface area contributed by atoms with Crippen molar-refractivity contribution in [2.45, 2.75) is 11.8 Å². The molecule has 2 aromatic carbocycles. The van der Waals surface area contributed by atoms with Gasteiger partial charge in [0.2, 0.25) is 0 Å². The SMILES string of the molecule is Cc1cc(S(=O)(=O)Nc2cc(Cl)cc(Cl)c2)ccc1C#N. The Morgan fingerprint density at radius 2 is 1.71 bits per heavy atom. The van der Waals surface area contributed by atoms with Crippen molar-refractivity contribution in [3.05, 3.63) is 57.6 Å². The Morgan fingerprint density at radius 3 is 2.24 bits per heavy atom. The molecule has 1 N–H and O–H groups in total. The van der Waals surface area contributed by atoms with Crippen molar-refractivity contribution in [2.75, 3.05) is 4.72 Å². The van der Waals surface area contributed by atoms with E-state index in [1.165, 1.54) is 36.4 Å². The van der Waals surface area contributed by atoms with Gasteiger partial charge >= 0.3 is 0 Å². The molecule has 2 aromatic rings. The first-order chi connectivity index (χ1) is 9.81. The number of aryl methyl sites for hydroxylation is 1. The van der Waals surface area contributed by atoms with Crippen LogP contribution in [0.3, 0.4) is 0 Å². The van der Waals surface area contributed by atoms with Crippen molar-refractivity contribution in [1.29, 1.82) is 5.26 Å². The Balaban J connectivity index is 2.39. The summed E-state index contributed by atoms with van der Waals surface area (Å²) in [7, 11) is -3.77. The van der Waals surface area contributed by atoms with Gasteiger partial charge < -0.3 is 0 Å². The third kappa shape index (κ3) is 3.67. The number of anilines is 1. The molecule has 0 aromatic heterocycles. The number of hydrogen-bond acceptors (Lipinski definition) is 3. The number of sulfonamides is 1. The van der Waals surface area contributed by atoms with Crippen LogP contribution in [0.15, 0.2) is 41.3 Å². The van der Waals surface area contributed by atoms with Crippen molar-refractivity contribution in [1.82, 2.24) is 0 Å². The normalized spacial score (nSPS) is 11.0. The third-order valence-electron chi connectivity index (χ3n) is 2.74. The van der Waals surface area contributed by atoms with E-state index in [0.717, 1.165) is 0 Å². The molecule has 0 aliphatic rings. The second-order valence-electron chi connectivity index (χ2n) is 4.35. The second-order valence-corrected chi connectivity index (χ2v) is 6.91. The number of nitriles is 1. The molecule has 0 saturated carbocycles. The summed E-state index contributed by atoms with van der Waals surface area (Å²) in [5, 5.41) is 9.52. The van der Waals surface area contributed by atoms with Gasteiger partial charge in [-0.05, 0) is 48.9 Å². The maximum Gasteiger partial charge on any atom is 0.261 e. The Bertz CT molecular complexity index is 822. The molecular formula is C14H10Cl2N2O2S. The molecule has 0 amide bonds. The highest BCUT2D eigenvalue weighted by Crippen LogP contribution is 2.25. The quantitative estimate of drug-likeness (QED) is 0.918. The number of halogens is 2. The van der Waals surface area contributed by atoms with E-state index in [9.17, 15) is 8.42 Å². The van der Waals surface area contributed by atoms with Crippen LogP contribution in [0.2, 0.25) is 10.0 Å². The summed E-state index contributed by atoms with van der Waals surface area (Å²) in [6, 6.07) is 10.7. The predicted octanol–water partition coefficient (Wildman–Crippen LogP) is 3.97.